The molecular formula is C11H11FN2. The topological polar surface area (TPSA) is 16.1 Å². The van der Waals surface area contributed by atoms with Crippen molar-refractivity contribution in [1.82, 2.24) is 9.88 Å². The molecule has 2 nitrogen and oxygen atoms in total. The van der Waals surface area contributed by atoms with Gasteiger partial charge in [0.25, 0.3) is 0 Å². The normalized spacial score (nSPS) is 19.3. The summed E-state index contributed by atoms with van der Waals surface area (Å²) in [5.74, 6) is 5.37. The van der Waals surface area contributed by atoms with Crippen LogP contribution in [0, 0.1) is 11.8 Å². The lowest BCUT2D eigenvalue weighted by atomic mass is 9.98. The van der Waals surface area contributed by atoms with Gasteiger partial charge in [-0.1, -0.05) is 12.0 Å². The van der Waals surface area contributed by atoms with E-state index in [1.165, 1.54) is 0 Å². The summed E-state index contributed by atoms with van der Waals surface area (Å²) >= 11 is 0. The second-order valence-electron chi connectivity index (χ2n) is 3.60. The Bertz CT molecular complexity index is 371. The molecule has 0 aromatic carbocycles. The van der Waals surface area contributed by atoms with Gasteiger partial charge in [0.2, 0.25) is 0 Å². The van der Waals surface area contributed by atoms with Crippen LogP contribution in [0.3, 0.4) is 0 Å². The second-order valence-corrected chi connectivity index (χ2v) is 3.60. The van der Waals surface area contributed by atoms with Gasteiger partial charge in [-0.15, -0.1) is 0 Å². The number of rotatable bonds is 0. The van der Waals surface area contributed by atoms with E-state index in [0.29, 0.717) is 18.8 Å². The standard InChI is InChI=1S/C11H11FN2/c1-14-8-11(12,9-14)6-5-10-4-2-3-7-13-10/h2-4,7H,8-9H2,1H3. The van der Waals surface area contributed by atoms with E-state index >= 15 is 0 Å². The lowest BCUT2D eigenvalue weighted by Crippen LogP contribution is -2.56. The Labute approximate surface area is 82.8 Å². The highest BCUT2D eigenvalue weighted by atomic mass is 19.1. The van der Waals surface area contributed by atoms with Crippen LogP contribution in [0.5, 0.6) is 0 Å². The molecule has 72 valence electrons. The van der Waals surface area contributed by atoms with Gasteiger partial charge in [0.15, 0.2) is 5.67 Å². The Morgan fingerprint density at radius 1 is 1.50 bits per heavy atom. The maximum absolute atomic E-state index is 13.6. The number of hydrogen-bond acceptors (Lipinski definition) is 2. The number of alkyl halides is 1. The van der Waals surface area contributed by atoms with E-state index < -0.39 is 5.67 Å². The molecule has 0 aliphatic carbocycles. The predicted octanol–water partition coefficient (Wildman–Crippen LogP) is 1.09. The van der Waals surface area contributed by atoms with Crippen molar-refractivity contribution in [2.24, 2.45) is 0 Å². The SMILES string of the molecule is CN1CC(F)(C#Cc2ccccn2)C1. The van der Waals surface area contributed by atoms with Gasteiger partial charge < -0.3 is 0 Å². The van der Waals surface area contributed by atoms with Crippen molar-refractivity contribution in [2.75, 3.05) is 20.1 Å². The van der Waals surface area contributed by atoms with Crippen molar-refractivity contribution in [3.05, 3.63) is 30.1 Å². The molecule has 14 heavy (non-hydrogen) atoms. The molecule has 0 N–H and O–H groups in total. The second kappa shape index (κ2) is 3.39. The lowest BCUT2D eigenvalue weighted by Gasteiger charge is -2.38. The van der Waals surface area contributed by atoms with Crippen LogP contribution in [0.1, 0.15) is 5.69 Å². The van der Waals surface area contributed by atoms with Gasteiger partial charge in [-0.2, -0.15) is 0 Å². The minimum absolute atomic E-state index is 0.396. The molecule has 0 spiro atoms. The lowest BCUT2D eigenvalue weighted by molar-refractivity contribution is 0.0338. The number of likely N-dealkylation sites (tertiary alicyclic amines) is 1. The monoisotopic (exact) mass is 190 g/mol. The zero-order valence-corrected chi connectivity index (χ0v) is 8.00. The zero-order valence-electron chi connectivity index (χ0n) is 8.00. The molecule has 2 heterocycles. The number of pyridine rings is 1. The molecule has 1 saturated heterocycles. The van der Waals surface area contributed by atoms with Crippen molar-refractivity contribution in [2.45, 2.75) is 5.67 Å². The van der Waals surface area contributed by atoms with E-state index in [1.54, 1.807) is 12.3 Å². The highest BCUT2D eigenvalue weighted by Crippen LogP contribution is 2.22. The largest absolute Gasteiger partial charge is 0.298 e. The van der Waals surface area contributed by atoms with Crippen LogP contribution >= 0.6 is 0 Å². The Hall–Kier alpha value is -1.40. The summed E-state index contributed by atoms with van der Waals surface area (Å²) in [6.07, 6.45) is 1.65. The number of aromatic nitrogens is 1. The Balaban J connectivity index is 2.08. The fraction of sp³-hybridized carbons (Fsp3) is 0.364. The first kappa shape index (κ1) is 9.17. The summed E-state index contributed by atoms with van der Waals surface area (Å²) in [4.78, 5) is 5.90. The first-order valence-corrected chi connectivity index (χ1v) is 4.50. The number of hydrogen-bond donors (Lipinski definition) is 0. The van der Waals surface area contributed by atoms with E-state index in [0.717, 1.165) is 0 Å². The molecule has 1 aromatic rings. The first-order valence-electron chi connectivity index (χ1n) is 4.50. The molecule has 1 aromatic heterocycles. The summed E-state index contributed by atoms with van der Waals surface area (Å²) in [7, 11) is 1.88. The van der Waals surface area contributed by atoms with Crippen LogP contribution in [0.15, 0.2) is 24.4 Å². The van der Waals surface area contributed by atoms with Crippen LogP contribution in [0.4, 0.5) is 4.39 Å². The van der Waals surface area contributed by atoms with E-state index in [-0.39, 0.29) is 0 Å². The average Bonchev–Trinajstić information content (AvgIpc) is 2.15. The van der Waals surface area contributed by atoms with E-state index in [1.807, 2.05) is 24.1 Å². The molecular weight excluding hydrogens is 179 g/mol. The van der Waals surface area contributed by atoms with E-state index in [4.69, 9.17) is 0 Å². The minimum Gasteiger partial charge on any atom is -0.298 e. The zero-order chi connectivity index (χ0) is 10.0. The molecule has 1 aliphatic heterocycles. The quantitative estimate of drug-likeness (QED) is 0.569. The smallest absolute Gasteiger partial charge is 0.196 e. The van der Waals surface area contributed by atoms with Crippen LogP contribution in [-0.2, 0) is 0 Å². The van der Waals surface area contributed by atoms with Gasteiger partial charge in [-0.05, 0) is 25.1 Å². The third-order valence-corrected chi connectivity index (χ3v) is 2.12. The molecule has 1 fully saturated rings. The molecule has 2 rings (SSSR count). The third-order valence-electron chi connectivity index (χ3n) is 2.12. The van der Waals surface area contributed by atoms with Gasteiger partial charge in [-0.25, -0.2) is 9.37 Å². The van der Waals surface area contributed by atoms with Crippen LogP contribution < -0.4 is 0 Å². The summed E-state index contributed by atoms with van der Waals surface area (Å²) in [6, 6.07) is 5.43. The van der Waals surface area contributed by atoms with Gasteiger partial charge in [0, 0.05) is 19.3 Å². The summed E-state index contributed by atoms with van der Waals surface area (Å²) in [6.45, 7) is 0.791. The number of halogens is 1. The minimum atomic E-state index is -1.33. The summed E-state index contributed by atoms with van der Waals surface area (Å²) in [5, 5.41) is 0. The fourth-order valence-corrected chi connectivity index (χ4v) is 1.50. The third kappa shape index (κ3) is 1.91. The van der Waals surface area contributed by atoms with E-state index in [9.17, 15) is 4.39 Å². The molecule has 0 amide bonds. The Morgan fingerprint density at radius 2 is 2.29 bits per heavy atom. The van der Waals surface area contributed by atoms with Gasteiger partial charge in [0.1, 0.15) is 5.69 Å². The molecule has 3 heteroatoms. The van der Waals surface area contributed by atoms with Crippen molar-refractivity contribution < 1.29 is 4.39 Å². The van der Waals surface area contributed by atoms with Crippen molar-refractivity contribution in [1.29, 1.82) is 0 Å². The summed E-state index contributed by atoms with van der Waals surface area (Å²) in [5.41, 5.74) is -0.703. The Morgan fingerprint density at radius 3 is 2.86 bits per heavy atom. The predicted molar refractivity (Wildman–Crippen MR) is 52.5 cm³/mol. The van der Waals surface area contributed by atoms with Crippen molar-refractivity contribution >= 4 is 0 Å². The Kier molecular flexibility index (Phi) is 2.22. The van der Waals surface area contributed by atoms with Crippen LogP contribution in [-0.4, -0.2) is 35.7 Å². The van der Waals surface area contributed by atoms with Crippen molar-refractivity contribution in [3.8, 4) is 11.8 Å². The van der Waals surface area contributed by atoms with Gasteiger partial charge in [-0.3, -0.25) is 4.90 Å². The van der Waals surface area contributed by atoms with Crippen molar-refractivity contribution in [3.63, 3.8) is 0 Å². The van der Waals surface area contributed by atoms with E-state index in [2.05, 4.69) is 16.8 Å². The maximum atomic E-state index is 13.6. The average molecular weight is 190 g/mol. The van der Waals surface area contributed by atoms with Crippen LogP contribution in [0.25, 0.3) is 0 Å². The number of nitrogens with zero attached hydrogens (tertiary/aromatic N) is 2. The summed E-state index contributed by atoms with van der Waals surface area (Å²) < 4.78 is 13.6. The van der Waals surface area contributed by atoms with Crippen LogP contribution in [0.2, 0.25) is 0 Å². The molecule has 0 atom stereocenters. The fourth-order valence-electron chi connectivity index (χ4n) is 1.50. The molecule has 1 aliphatic rings. The van der Waals surface area contributed by atoms with Gasteiger partial charge in [0.05, 0.1) is 0 Å². The highest BCUT2D eigenvalue weighted by Gasteiger charge is 2.39. The molecule has 0 unspecified atom stereocenters. The first-order chi connectivity index (χ1) is 6.68. The molecule has 0 radical (unpaired) electrons. The highest BCUT2D eigenvalue weighted by molar-refractivity contribution is 5.32. The van der Waals surface area contributed by atoms with Gasteiger partial charge >= 0.3 is 0 Å². The maximum Gasteiger partial charge on any atom is 0.196 e. The molecule has 0 saturated carbocycles. The molecule has 0 bridgehead atoms.